The third kappa shape index (κ3) is 4.97. The molecule has 0 N–H and O–H groups in total. The maximum absolute atomic E-state index is 8.53. The lowest BCUT2D eigenvalue weighted by molar-refractivity contribution is 1.35. The van der Waals surface area contributed by atoms with E-state index in [1.807, 2.05) is 26.0 Å². The van der Waals surface area contributed by atoms with Crippen LogP contribution in [0.25, 0.3) is 0 Å². The molecule has 1 heteroatoms. The Bertz CT molecular complexity index is 437. The molecule has 0 aromatic heterocycles. The van der Waals surface area contributed by atoms with Gasteiger partial charge >= 0.3 is 0 Å². The topological polar surface area (TPSA) is 23.8 Å². The van der Waals surface area contributed by atoms with Crippen molar-refractivity contribution in [2.75, 3.05) is 0 Å². The summed E-state index contributed by atoms with van der Waals surface area (Å²) in [5.74, 6) is 0. The van der Waals surface area contributed by atoms with Gasteiger partial charge in [-0.3, -0.25) is 0 Å². The first-order valence-electron chi connectivity index (χ1n) is 4.88. The third-order valence-electron chi connectivity index (χ3n) is 2.11. The van der Waals surface area contributed by atoms with E-state index >= 15 is 0 Å². The van der Waals surface area contributed by atoms with E-state index in [-0.39, 0.29) is 0 Å². The fraction of sp³-hybridized carbons (Fsp3) is 0.133. The van der Waals surface area contributed by atoms with Crippen molar-refractivity contribution in [1.29, 1.82) is 5.26 Å². The molecule has 0 aliphatic rings. The smallest absolute Gasteiger partial charge is 0.0985 e. The van der Waals surface area contributed by atoms with Crippen LogP contribution >= 0.6 is 0 Å². The zero-order chi connectivity index (χ0) is 12.7. The first-order valence-corrected chi connectivity index (χ1v) is 4.88. The zero-order valence-corrected chi connectivity index (χ0v) is 10.0. The highest BCUT2D eigenvalue weighted by Gasteiger charge is 1.95. The molecule has 0 aromatic rings. The number of hydrogen-bond acceptors (Lipinski definition) is 1. The molecule has 0 rings (SSSR count). The second kappa shape index (κ2) is 6.42. The molecule has 0 unspecified atom stereocenters. The van der Waals surface area contributed by atoms with Gasteiger partial charge in [-0.25, -0.2) is 0 Å². The zero-order valence-electron chi connectivity index (χ0n) is 10.0. The number of nitrogens with zero attached hydrogens (tertiary/aromatic N) is 1. The number of rotatable bonds is 5. The summed E-state index contributed by atoms with van der Waals surface area (Å²) in [6.07, 6.45) is 5.28. The quantitative estimate of drug-likeness (QED) is 0.492. The highest BCUT2D eigenvalue weighted by atomic mass is 14.2. The molecule has 0 saturated heterocycles. The highest BCUT2D eigenvalue weighted by Crippen LogP contribution is 2.15. The van der Waals surface area contributed by atoms with E-state index in [1.165, 1.54) is 0 Å². The lowest BCUT2D eigenvalue weighted by Gasteiger charge is -2.02. The summed E-state index contributed by atoms with van der Waals surface area (Å²) < 4.78 is 0. The van der Waals surface area contributed by atoms with Crippen LogP contribution in [0.5, 0.6) is 0 Å². The van der Waals surface area contributed by atoms with Gasteiger partial charge in [0, 0.05) is 5.57 Å². The first-order chi connectivity index (χ1) is 7.38. The monoisotopic (exact) mass is 211 g/mol. The fourth-order valence-electron chi connectivity index (χ4n) is 0.823. The summed E-state index contributed by atoms with van der Waals surface area (Å²) in [7, 11) is 0. The summed E-state index contributed by atoms with van der Waals surface area (Å²) in [6.45, 7) is 19.1. The van der Waals surface area contributed by atoms with Gasteiger partial charge in [-0.2, -0.15) is 5.26 Å². The van der Waals surface area contributed by atoms with Crippen molar-refractivity contribution < 1.29 is 0 Å². The summed E-state index contributed by atoms with van der Waals surface area (Å²) in [6, 6.07) is 1.94. The van der Waals surface area contributed by atoms with Crippen LogP contribution in [0.15, 0.2) is 72.4 Å². The Labute approximate surface area is 98.1 Å². The molecule has 0 radical (unpaired) electrons. The Morgan fingerprint density at radius 1 is 1.00 bits per heavy atom. The normalized spacial score (nSPS) is 10.9. The largest absolute Gasteiger partial charge is 0.192 e. The minimum Gasteiger partial charge on any atom is -0.192 e. The fourth-order valence-corrected chi connectivity index (χ4v) is 0.823. The van der Waals surface area contributed by atoms with Gasteiger partial charge < -0.3 is 0 Å². The van der Waals surface area contributed by atoms with Crippen LogP contribution in [0.4, 0.5) is 0 Å². The van der Waals surface area contributed by atoms with E-state index in [9.17, 15) is 0 Å². The van der Waals surface area contributed by atoms with Gasteiger partial charge in [0.05, 0.1) is 6.07 Å². The summed E-state index contributed by atoms with van der Waals surface area (Å²) in [5.41, 5.74) is 4.03. The average molecular weight is 211 g/mol. The standard InChI is InChI=1S/C15H17N/c1-11(2)14(5)9-15(6)13(4)8-7-12(3)10-16/h7-9H,1,3-4,6H2,2,5H3/b8-7-,14-9-. The predicted octanol–water partition coefficient (Wildman–Crippen LogP) is 4.26. The second-order valence-corrected chi connectivity index (χ2v) is 3.63. The van der Waals surface area contributed by atoms with E-state index < -0.39 is 0 Å². The van der Waals surface area contributed by atoms with Gasteiger partial charge in [0.1, 0.15) is 0 Å². The van der Waals surface area contributed by atoms with E-state index in [0.29, 0.717) is 5.57 Å². The molecule has 16 heavy (non-hydrogen) atoms. The van der Waals surface area contributed by atoms with Crippen molar-refractivity contribution in [1.82, 2.24) is 0 Å². The third-order valence-corrected chi connectivity index (χ3v) is 2.11. The lowest BCUT2D eigenvalue weighted by Crippen LogP contribution is -1.83. The minimum absolute atomic E-state index is 0.398. The molecule has 82 valence electrons. The Kier molecular flexibility index (Phi) is 5.59. The molecular weight excluding hydrogens is 194 g/mol. The Balaban J connectivity index is 4.67. The molecule has 0 aromatic carbocycles. The van der Waals surface area contributed by atoms with Crippen LogP contribution in [0.1, 0.15) is 13.8 Å². The molecule has 0 aliphatic carbocycles. The highest BCUT2D eigenvalue weighted by molar-refractivity contribution is 5.48. The average Bonchev–Trinajstić information content (AvgIpc) is 2.24. The van der Waals surface area contributed by atoms with Gasteiger partial charge in [0.15, 0.2) is 0 Å². The van der Waals surface area contributed by atoms with E-state index in [4.69, 9.17) is 5.26 Å². The molecule has 0 bridgehead atoms. The van der Waals surface area contributed by atoms with Crippen LogP contribution in [0.3, 0.4) is 0 Å². The molecule has 0 fully saturated rings. The van der Waals surface area contributed by atoms with Gasteiger partial charge in [0.25, 0.3) is 0 Å². The predicted molar refractivity (Wildman–Crippen MR) is 70.7 cm³/mol. The van der Waals surface area contributed by atoms with Gasteiger partial charge in [-0.05, 0) is 36.6 Å². The summed E-state index contributed by atoms with van der Waals surface area (Å²) in [4.78, 5) is 0. The molecule has 0 aliphatic heterocycles. The van der Waals surface area contributed by atoms with Crippen molar-refractivity contribution in [3.63, 3.8) is 0 Å². The van der Waals surface area contributed by atoms with Crippen molar-refractivity contribution in [3.05, 3.63) is 72.4 Å². The SMILES string of the molecule is C=C(C#N)/C=C\C(=C)C(=C)/C=C(/C)C(=C)C. The van der Waals surface area contributed by atoms with E-state index in [0.717, 1.165) is 22.3 Å². The molecule has 0 saturated carbocycles. The van der Waals surface area contributed by atoms with Crippen molar-refractivity contribution in [2.24, 2.45) is 0 Å². The molecule has 0 amide bonds. The van der Waals surface area contributed by atoms with Crippen molar-refractivity contribution in [3.8, 4) is 6.07 Å². The summed E-state index contributed by atoms with van der Waals surface area (Å²) >= 11 is 0. The number of nitriles is 1. The van der Waals surface area contributed by atoms with E-state index in [2.05, 4.69) is 26.3 Å². The molecule has 0 heterocycles. The maximum Gasteiger partial charge on any atom is 0.0985 e. The van der Waals surface area contributed by atoms with E-state index in [1.54, 1.807) is 12.2 Å². The Morgan fingerprint density at radius 3 is 2.00 bits per heavy atom. The number of hydrogen-bond donors (Lipinski definition) is 0. The molecular formula is C15H17N. The minimum atomic E-state index is 0.398. The molecule has 1 nitrogen and oxygen atoms in total. The van der Waals surface area contributed by atoms with Gasteiger partial charge in [-0.1, -0.05) is 44.0 Å². The lowest BCUT2D eigenvalue weighted by atomic mass is 10.0. The molecule has 0 atom stereocenters. The maximum atomic E-state index is 8.53. The van der Waals surface area contributed by atoms with Crippen LogP contribution in [0.2, 0.25) is 0 Å². The van der Waals surface area contributed by atoms with Crippen molar-refractivity contribution >= 4 is 0 Å². The van der Waals surface area contributed by atoms with Crippen LogP contribution in [-0.2, 0) is 0 Å². The van der Waals surface area contributed by atoms with Crippen molar-refractivity contribution in [2.45, 2.75) is 13.8 Å². The summed E-state index contributed by atoms with van der Waals surface area (Å²) in [5, 5.41) is 8.53. The molecule has 0 spiro atoms. The Morgan fingerprint density at radius 2 is 1.56 bits per heavy atom. The second-order valence-electron chi connectivity index (χ2n) is 3.63. The van der Waals surface area contributed by atoms with Crippen LogP contribution in [-0.4, -0.2) is 0 Å². The van der Waals surface area contributed by atoms with Gasteiger partial charge in [0.2, 0.25) is 0 Å². The van der Waals surface area contributed by atoms with Gasteiger partial charge in [-0.15, -0.1) is 0 Å². The number of allylic oxidation sites excluding steroid dienone is 8. The Hall–Kier alpha value is -2.07. The van der Waals surface area contributed by atoms with Crippen LogP contribution in [0, 0.1) is 11.3 Å². The van der Waals surface area contributed by atoms with Crippen LogP contribution < -0.4 is 0 Å². The first kappa shape index (κ1) is 13.9.